The number of rotatable bonds is 5. The number of ether oxygens (including phenoxy) is 1. The molecule has 0 aliphatic heterocycles. The molecule has 5 heteroatoms. The number of anilines is 3. The van der Waals surface area contributed by atoms with Crippen LogP contribution in [0.15, 0.2) is 120 Å². The van der Waals surface area contributed by atoms with Gasteiger partial charge >= 0.3 is 0 Å². The number of benzene rings is 3. The van der Waals surface area contributed by atoms with Crippen LogP contribution in [0.1, 0.15) is 0 Å². The van der Waals surface area contributed by atoms with E-state index < -0.39 is 0 Å². The number of para-hydroxylation sites is 1. The van der Waals surface area contributed by atoms with Crippen molar-refractivity contribution in [3.8, 4) is 11.6 Å². The van der Waals surface area contributed by atoms with Gasteiger partial charge < -0.3 is 9.15 Å². The topological polar surface area (TPSA) is 51.4 Å². The summed E-state index contributed by atoms with van der Waals surface area (Å²) in [7, 11) is 0. The van der Waals surface area contributed by atoms with Crippen LogP contribution in [0.4, 0.5) is 17.2 Å². The van der Waals surface area contributed by atoms with Gasteiger partial charge in [-0.15, -0.1) is 0 Å². The molecule has 0 aliphatic carbocycles. The number of nitrogens with zero attached hydrogens (tertiary/aromatic N) is 3. The van der Waals surface area contributed by atoms with Gasteiger partial charge in [0.1, 0.15) is 22.7 Å². The molecule has 158 valence electrons. The number of hydrogen-bond donors (Lipinski definition) is 0. The van der Waals surface area contributed by atoms with Crippen molar-refractivity contribution in [2.45, 2.75) is 0 Å². The molecular weight excluding hydrogens is 410 g/mol. The Morgan fingerprint density at radius 2 is 1.33 bits per heavy atom. The van der Waals surface area contributed by atoms with Crippen molar-refractivity contribution in [2.24, 2.45) is 0 Å². The van der Waals surface area contributed by atoms with Crippen molar-refractivity contribution in [1.29, 1.82) is 0 Å². The fourth-order valence-corrected chi connectivity index (χ4v) is 3.95. The predicted molar refractivity (Wildman–Crippen MR) is 131 cm³/mol. The summed E-state index contributed by atoms with van der Waals surface area (Å²) in [5, 5.41) is 1.99. The molecule has 3 heterocycles. The van der Waals surface area contributed by atoms with Gasteiger partial charge in [-0.1, -0.05) is 30.3 Å². The first-order valence-corrected chi connectivity index (χ1v) is 10.7. The molecule has 0 radical (unpaired) electrons. The first-order chi connectivity index (χ1) is 16.3. The summed E-state index contributed by atoms with van der Waals surface area (Å²) < 4.78 is 12.0. The molecule has 0 fully saturated rings. The third kappa shape index (κ3) is 3.66. The Hall–Kier alpha value is -4.64. The van der Waals surface area contributed by atoms with Gasteiger partial charge in [0.2, 0.25) is 5.88 Å². The lowest BCUT2D eigenvalue weighted by Gasteiger charge is -2.24. The lowest BCUT2D eigenvalue weighted by atomic mass is 10.1. The lowest BCUT2D eigenvalue weighted by molar-refractivity contribution is 0.463. The number of fused-ring (bicyclic) bond motifs is 3. The van der Waals surface area contributed by atoms with Gasteiger partial charge in [-0.05, 0) is 66.7 Å². The highest BCUT2D eigenvalue weighted by Crippen LogP contribution is 2.38. The van der Waals surface area contributed by atoms with Crippen LogP contribution in [-0.2, 0) is 0 Å². The Bertz CT molecular complexity index is 1490. The lowest BCUT2D eigenvalue weighted by Crippen LogP contribution is -2.11. The normalized spacial score (nSPS) is 11.0. The molecular formula is C28H19N3O2. The van der Waals surface area contributed by atoms with Crippen molar-refractivity contribution >= 4 is 39.1 Å². The van der Waals surface area contributed by atoms with E-state index in [0.29, 0.717) is 11.6 Å². The maximum absolute atomic E-state index is 6.10. The Labute approximate surface area is 190 Å². The minimum absolute atomic E-state index is 0.552. The van der Waals surface area contributed by atoms with Crippen LogP contribution < -0.4 is 9.64 Å². The molecule has 0 bridgehead atoms. The highest BCUT2D eigenvalue weighted by atomic mass is 16.5. The second kappa shape index (κ2) is 8.13. The summed E-state index contributed by atoms with van der Waals surface area (Å²) in [5.74, 6) is 2.10. The van der Waals surface area contributed by atoms with E-state index in [1.165, 1.54) is 0 Å². The zero-order chi connectivity index (χ0) is 22.0. The molecule has 0 unspecified atom stereocenters. The van der Waals surface area contributed by atoms with E-state index >= 15 is 0 Å². The number of hydrogen-bond acceptors (Lipinski definition) is 5. The summed E-state index contributed by atoms with van der Waals surface area (Å²) in [6.45, 7) is 0. The maximum atomic E-state index is 6.10. The van der Waals surface area contributed by atoms with Crippen molar-refractivity contribution in [1.82, 2.24) is 9.97 Å². The van der Waals surface area contributed by atoms with E-state index in [1.807, 2.05) is 78.9 Å². The van der Waals surface area contributed by atoms with Gasteiger partial charge in [0, 0.05) is 40.6 Å². The van der Waals surface area contributed by atoms with E-state index in [2.05, 4.69) is 39.1 Å². The van der Waals surface area contributed by atoms with Gasteiger partial charge in [-0.2, -0.15) is 0 Å². The second-order valence-corrected chi connectivity index (χ2v) is 7.57. The van der Waals surface area contributed by atoms with Crippen LogP contribution in [0, 0.1) is 0 Å². The molecule has 0 saturated carbocycles. The highest BCUT2D eigenvalue weighted by Gasteiger charge is 2.16. The van der Waals surface area contributed by atoms with E-state index in [9.17, 15) is 0 Å². The smallest absolute Gasteiger partial charge is 0.219 e. The van der Waals surface area contributed by atoms with Crippen LogP contribution in [0.5, 0.6) is 11.6 Å². The van der Waals surface area contributed by atoms with Gasteiger partial charge in [-0.3, -0.25) is 4.90 Å². The standard InChI is InChI=1S/C28H19N3O2/c1-2-8-20(9-3-1)31(27-10-4-6-16-29-27)21-12-14-25-23(18-21)24-19-22(13-15-26(24)33-25)32-28-11-5-7-17-30-28/h1-19H. The Morgan fingerprint density at radius 3 is 2.09 bits per heavy atom. The summed E-state index contributed by atoms with van der Waals surface area (Å²) in [5.41, 5.74) is 3.64. The number of pyridine rings is 2. The molecule has 6 aromatic rings. The molecule has 5 nitrogen and oxygen atoms in total. The fourth-order valence-electron chi connectivity index (χ4n) is 3.95. The van der Waals surface area contributed by atoms with Crippen LogP contribution in [0.2, 0.25) is 0 Å². The molecule has 0 atom stereocenters. The third-order valence-electron chi connectivity index (χ3n) is 5.44. The molecule has 3 aromatic heterocycles. The van der Waals surface area contributed by atoms with E-state index in [1.54, 1.807) is 12.4 Å². The van der Waals surface area contributed by atoms with Gasteiger partial charge in [0.25, 0.3) is 0 Å². The van der Waals surface area contributed by atoms with Gasteiger partial charge in [0.05, 0.1) is 0 Å². The fraction of sp³-hybridized carbons (Fsp3) is 0. The van der Waals surface area contributed by atoms with Crippen LogP contribution in [0.25, 0.3) is 21.9 Å². The first-order valence-electron chi connectivity index (χ1n) is 10.7. The third-order valence-corrected chi connectivity index (χ3v) is 5.44. The molecule has 6 rings (SSSR count). The van der Waals surface area contributed by atoms with E-state index in [0.717, 1.165) is 39.1 Å². The van der Waals surface area contributed by atoms with Gasteiger partial charge in [0.15, 0.2) is 0 Å². The predicted octanol–water partition coefficient (Wildman–Crippen LogP) is 7.64. The molecule has 33 heavy (non-hydrogen) atoms. The quantitative estimate of drug-likeness (QED) is 0.282. The van der Waals surface area contributed by atoms with Crippen LogP contribution in [0.3, 0.4) is 0 Å². The summed E-state index contributed by atoms with van der Waals surface area (Å²) in [4.78, 5) is 11.0. The molecule has 0 saturated heterocycles. The van der Waals surface area contributed by atoms with Crippen molar-refractivity contribution < 1.29 is 9.15 Å². The number of aromatic nitrogens is 2. The van der Waals surface area contributed by atoms with Crippen molar-refractivity contribution in [3.05, 3.63) is 116 Å². The summed E-state index contributed by atoms with van der Waals surface area (Å²) in [6, 6.07) is 33.7. The van der Waals surface area contributed by atoms with Gasteiger partial charge in [-0.25, -0.2) is 9.97 Å². The molecule has 0 N–H and O–H groups in total. The minimum atomic E-state index is 0.552. The molecule has 3 aromatic carbocycles. The Balaban J connectivity index is 1.48. The van der Waals surface area contributed by atoms with Crippen molar-refractivity contribution in [2.75, 3.05) is 4.90 Å². The van der Waals surface area contributed by atoms with Crippen LogP contribution >= 0.6 is 0 Å². The summed E-state index contributed by atoms with van der Waals surface area (Å²) in [6.07, 6.45) is 3.52. The average Bonchev–Trinajstić information content (AvgIpc) is 3.24. The monoisotopic (exact) mass is 429 g/mol. The highest BCUT2D eigenvalue weighted by molar-refractivity contribution is 6.07. The average molecular weight is 429 g/mol. The minimum Gasteiger partial charge on any atom is -0.456 e. The van der Waals surface area contributed by atoms with E-state index in [4.69, 9.17) is 9.15 Å². The Morgan fingerprint density at radius 1 is 0.606 bits per heavy atom. The summed E-state index contributed by atoms with van der Waals surface area (Å²) >= 11 is 0. The SMILES string of the molecule is c1ccc(N(c2ccc3oc4ccc(Oc5ccccn5)cc4c3c2)c2ccccn2)cc1. The molecule has 0 spiro atoms. The zero-order valence-electron chi connectivity index (χ0n) is 17.6. The number of furan rings is 1. The van der Waals surface area contributed by atoms with Crippen molar-refractivity contribution in [3.63, 3.8) is 0 Å². The Kier molecular flexibility index (Phi) is 4.70. The molecule has 0 aliphatic rings. The zero-order valence-corrected chi connectivity index (χ0v) is 17.6. The van der Waals surface area contributed by atoms with Crippen LogP contribution in [-0.4, -0.2) is 9.97 Å². The van der Waals surface area contributed by atoms with E-state index in [-0.39, 0.29) is 0 Å². The first kappa shape index (κ1) is 19.1. The largest absolute Gasteiger partial charge is 0.456 e. The second-order valence-electron chi connectivity index (χ2n) is 7.57. The molecule has 0 amide bonds. The maximum Gasteiger partial charge on any atom is 0.219 e.